The van der Waals surface area contributed by atoms with Gasteiger partial charge in [-0.1, -0.05) is 12.1 Å². The summed E-state index contributed by atoms with van der Waals surface area (Å²) >= 11 is 0. The summed E-state index contributed by atoms with van der Waals surface area (Å²) in [5.41, 5.74) is 4.29. The Bertz CT molecular complexity index is 409. The van der Waals surface area contributed by atoms with Gasteiger partial charge in [0.05, 0.1) is 7.11 Å². The standard InChI is InChI=1S/C12H13NO/c1-14-9-2-3-10-8(6-9)7-12-11(10)4-5-13-12/h2-4,6,12-13H,5,7H2,1H3. The highest BCUT2D eigenvalue weighted by Crippen LogP contribution is 2.36. The fourth-order valence-corrected chi connectivity index (χ4v) is 2.41. The number of nitrogens with one attached hydrogen (secondary N) is 1. The van der Waals surface area contributed by atoms with E-state index in [1.54, 1.807) is 7.11 Å². The highest BCUT2D eigenvalue weighted by atomic mass is 16.5. The maximum absolute atomic E-state index is 5.22. The van der Waals surface area contributed by atoms with Crippen molar-refractivity contribution in [3.05, 3.63) is 35.4 Å². The van der Waals surface area contributed by atoms with Gasteiger partial charge in [0.25, 0.3) is 0 Å². The molecule has 0 fully saturated rings. The van der Waals surface area contributed by atoms with Crippen LogP contribution in [0.4, 0.5) is 0 Å². The van der Waals surface area contributed by atoms with E-state index in [1.165, 1.54) is 16.7 Å². The van der Waals surface area contributed by atoms with E-state index in [1.807, 2.05) is 6.07 Å². The van der Waals surface area contributed by atoms with Crippen LogP contribution in [0.1, 0.15) is 11.1 Å². The van der Waals surface area contributed by atoms with Crippen LogP contribution in [0.5, 0.6) is 5.75 Å². The van der Waals surface area contributed by atoms with Gasteiger partial charge in [-0.05, 0) is 35.3 Å². The van der Waals surface area contributed by atoms with Gasteiger partial charge in [0, 0.05) is 12.6 Å². The van der Waals surface area contributed by atoms with Gasteiger partial charge in [0.15, 0.2) is 0 Å². The van der Waals surface area contributed by atoms with Crippen molar-refractivity contribution < 1.29 is 4.74 Å². The molecule has 2 aliphatic rings. The third kappa shape index (κ3) is 1.01. The summed E-state index contributed by atoms with van der Waals surface area (Å²) in [7, 11) is 1.72. The molecule has 0 amide bonds. The molecule has 2 heteroatoms. The second-order valence-electron chi connectivity index (χ2n) is 3.85. The lowest BCUT2D eigenvalue weighted by Crippen LogP contribution is -2.22. The van der Waals surface area contributed by atoms with E-state index in [2.05, 4.69) is 23.5 Å². The predicted molar refractivity (Wildman–Crippen MR) is 56.5 cm³/mol. The first kappa shape index (κ1) is 8.06. The van der Waals surface area contributed by atoms with Crippen molar-refractivity contribution in [1.29, 1.82) is 0 Å². The average Bonchev–Trinajstić information content (AvgIpc) is 2.75. The molecule has 1 aliphatic carbocycles. The van der Waals surface area contributed by atoms with Gasteiger partial charge in [-0.15, -0.1) is 0 Å². The van der Waals surface area contributed by atoms with Crippen molar-refractivity contribution >= 4 is 5.57 Å². The minimum Gasteiger partial charge on any atom is -0.497 e. The number of methoxy groups -OCH3 is 1. The lowest BCUT2D eigenvalue weighted by molar-refractivity contribution is 0.414. The summed E-state index contributed by atoms with van der Waals surface area (Å²) in [6, 6.07) is 6.92. The number of hydrogen-bond donors (Lipinski definition) is 1. The minimum absolute atomic E-state index is 0.553. The molecule has 1 atom stereocenters. The first-order valence-electron chi connectivity index (χ1n) is 4.99. The topological polar surface area (TPSA) is 21.3 Å². The van der Waals surface area contributed by atoms with E-state index >= 15 is 0 Å². The Balaban J connectivity index is 2.09. The highest BCUT2D eigenvalue weighted by Gasteiger charge is 2.29. The molecule has 0 saturated heterocycles. The van der Waals surface area contributed by atoms with Gasteiger partial charge in [-0.3, -0.25) is 0 Å². The van der Waals surface area contributed by atoms with Crippen LogP contribution in [-0.4, -0.2) is 19.7 Å². The summed E-state index contributed by atoms with van der Waals surface area (Å²) in [5, 5.41) is 3.47. The average molecular weight is 187 g/mol. The number of ether oxygens (including phenoxy) is 1. The largest absolute Gasteiger partial charge is 0.497 e. The molecule has 1 unspecified atom stereocenters. The van der Waals surface area contributed by atoms with Gasteiger partial charge in [-0.25, -0.2) is 0 Å². The van der Waals surface area contributed by atoms with E-state index in [4.69, 9.17) is 4.74 Å². The van der Waals surface area contributed by atoms with Crippen molar-refractivity contribution in [2.24, 2.45) is 0 Å². The molecule has 0 bridgehead atoms. The first-order valence-corrected chi connectivity index (χ1v) is 4.99. The van der Waals surface area contributed by atoms with Crippen LogP contribution in [0, 0.1) is 0 Å². The molecule has 0 spiro atoms. The highest BCUT2D eigenvalue weighted by molar-refractivity contribution is 5.79. The molecule has 1 aromatic carbocycles. The van der Waals surface area contributed by atoms with Crippen LogP contribution >= 0.6 is 0 Å². The van der Waals surface area contributed by atoms with E-state index in [0.29, 0.717) is 6.04 Å². The molecule has 0 aromatic heterocycles. The third-order valence-electron chi connectivity index (χ3n) is 3.11. The maximum atomic E-state index is 5.22. The normalized spacial score (nSPS) is 22.9. The molecule has 72 valence electrons. The van der Waals surface area contributed by atoms with Crippen molar-refractivity contribution in [3.8, 4) is 5.75 Å². The lowest BCUT2D eigenvalue weighted by Gasteiger charge is -2.03. The predicted octanol–water partition coefficient (Wildman–Crippen LogP) is 1.61. The Morgan fingerprint density at radius 1 is 1.43 bits per heavy atom. The van der Waals surface area contributed by atoms with Crippen molar-refractivity contribution in [1.82, 2.24) is 5.32 Å². The fourth-order valence-electron chi connectivity index (χ4n) is 2.41. The number of rotatable bonds is 1. The second kappa shape index (κ2) is 2.85. The molecule has 1 heterocycles. The second-order valence-corrected chi connectivity index (χ2v) is 3.85. The Labute approximate surface area is 83.6 Å². The van der Waals surface area contributed by atoms with Crippen LogP contribution in [0.3, 0.4) is 0 Å². The zero-order chi connectivity index (χ0) is 9.54. The van der Waals surface area contributed by atoms with Crippen molar-refractivity contribution in [3.63, 3.8) is 0 Å². The van der Waals surface area contributed by atoms with E-state index in [9.17, 15) is 0 Å². The van der Waals surface area contributed by atoms with E-state index in [-0.39, 0.29) is 0 Å². The molecule has 1 aromatic rings. The smallest absolute Gasteiger partial charge is 0.119 e. The molecular weight excluding hydrogens is 174 g/mol. The van der Waals surface area contributed by atoms with Gasteiger partial charge >= 0.3 is 0 Å². The number of benzene rings is 1. The molecule has 14 heavy (non-hydrogen) atoms. The molecule has 1 N–H and O–H groups in total. The number of hydrogen-bond acceptors (Lipinski definition) is 2. The van der Waals surface area contributed by atoms with Crippen LogP contribution in [-0.2, 0) is 6.42 Å². The van der Waals surface area contributed by atoms with Gasteiger partial charge in [0.2, 0.25) is 0 Å². The van der Waals surface area contributed by atoms with Crippen LogP contribution in [0.25, 0.3) is 5.57 Å². The Morgan fingerprint density at radius 2 is 2.36 bits per heavy atom. The fraction of sp³-hybridized carbons (Fsp3) is 0.333. The summed E-state index contributed by atoms with van der Waals surface area (Å²) in [5.74, 6) is 0.962. The van der Waals surface area contributed by atoms with E-state index < -0.39 is 0 Å². The molecule has 0 radical (unpaired) electrons. The Hall–Kier alpha value is -1.28. The van der Waals surface area contributed by atoms with Crippen molar-refractivity contribution in [2.45, 2.75) is 12.5 Å². The maximum Gasteiger partial charge on any atom is 0.119 e. The molecule has 1 aliphatic heterocycles. The summed E-state index contributed by atoms with van der Waals surface area (Å²) in [6.07, 6.45) is 3.40. The van der Waals surface area contributed by atoms with Crippen molar-refractivity contribution in [2.75, 3.05) is 13.7 Å². The SMILES string of the molecule is COc1ccc2c(c1)CC1NCC=C21. The molecular formula is C12H13NO. The van der Waals surface area contributed by atoms with Crippen LogP contribution in [0.2, 0.25) is 0 Å². The molecule has 3 rings (SSSR count). The molecule has 2 nitrogen and oxygen atoms in total. The van der Waals surface area contributed by atoms with Crippen LogP contribution < -0.4 is 10.1 Å². The summed E-state index contributed by atoms with van der Waals surface area (Å²) in [4.78, 5) is 0. The summed E-state index contributed by atoms with van der Waals surface area (Å²) in [6.45, 7) is 1.02. The van der Waals surface area contributed by atoms with E-state index in [0.717, 1.165) is 18.7 Å². The first-order chi connectivity index (χ1) is 6.88. The number of fused-ring (bicyclic) bond motifs is 3. The minimum atomic E-state index is 0.553. The Kier molecular flexibility index (Phi) is 1.64. The van der Waals surface area contributed by atoms with Gasteiger partial charge in [0.1, 0.15) is 5.75 Å². The zero-order valence-electron chi connectivity index (χ0n) is 8.21. The van der Waals surface area contributed by atoms with Gasteiger partial charge in [-0.2, -0.15) is 0 Å². The summed E-state index contributed by atoms with van der Waals surface area (Å²) < 4.78 is 5.22. The zero-order valence-corrected chi connectivity index (χ0v) is 8.21. The third-order valence-corrected chi connectivity index (χ3v) is 3.11. The Morgan fingerprint density at radius 3 is 3.21 bits per heavy atom. The lowest BCUT2D eigenvalue weighted by atomic mass is 10.1. The molecule has 0 saturated carbocycles. The van der Waals surface area contributed by atoms with Crippen LogP contribution in [0.15, 0.2) is 24.3 Å². The monoisotopic (exact) mass is 187 g/mol. The van der Waals surface area contributed by atoms with Gasteiger partial charge < -0.3 is 10.1 Å². The quantitative estimate of drug-likeness (QED) is 0.721.